The zero-order chi connectivity index (χ0) is 12.7. The minimum atomic E-state index is -0.281. The average molecular weight is 230 g/mol. The molecule has 17 heavy (non-hydrogen) atoms. The molecule has 0 aliphatic rings. The van der Waals surface area contributed by atoms with Crippen molar-refractivity contribution in [2.24, 2.45) is 0 Å². The molecule has 0 unspecified atom stereocenters. The van der Waals surface area contributed by atoms with Gasteiger partial charge in [0, 0.05) is 19.2 Å². The molecule has 3 heteroatoms. The van der Waals surface area contributed by atoms with Gasteiger partial charge < -0.3 is 4.90 Å². The second-order valence-electron chi connectivity index (χ2n) is 3.66. The summed E-state index contributed by atoms with van der Waals surface area (Å²) in [5.41, 5.74) is 0.528. The summed E-state index contributed by atoms with van der Waals surface area (Å²) in [7, 11) is 1.66. The van der Waals surface area contributed by atoms with Crippen LogP contribution in [0.5, 0.6) is 0 Å². The van der Waals surface area contributed by atoms with Crippen LogP contribution < -0.4 is 0 Å². The van der Waals surface area contributed by atoms with E-state index in [0.717, 1.165) is 6.42 Å². The number of hydrogen-bond acceptors (Lipinski definition) is 2. The van der Waals surface area contributed by atoms with Crippen LogP contribution in [0.3, 0.4) is 0 Å². The zero-order valence-electron chi connectivity index (χ0n) is 10.1. The molecule has 0 saturated carbocycles. The van der Waals surface area contributed by atoms with Crippen molar-refractivity contribution in [1.29, 1.82) is 0 Å². The molecule has 0 N–H and O–H groups in total. The van der Waals surface area contributed by atoms with Crippen molar-refractivity contribution in [3.8, 4) is 0 Å². The van der Waals surface area contributed by atoms with Crippen molar-refractivity contribution >= 4 is 11.7 Å². The number of nitrogens with zero attached hydrogens (tertiary/aromatic N) is 1. The molecule has 1 radical (unpaired) electrons. The Morgan fingerprint density at radius 1 is 1.24 bits per heavy atom. The van der Waals surface area contributed by atoms with Crippen molar-refractivity contribution < 1.29 is 9.59 Å². The van der Waals surface area contributed by atoms with Crippen LogP contribution in [0.15, 0.2) is 42.5 Å². The molecule has 3 nitrogen and oxygen atoms in total. The second-order valence-corrected chi connectivity index (χ2v) is 3.66. The highest BCUT2D eigenvalue weighted by molar-refractivity contribution is 6.16. The molecule has 1 aromatic rings. The van der Waals surface area contributed by atoms with Crippen LogP contribution in [0.2, 0.25) is 0 Å². The summed E-state index contributed by atoms with van der Waals surface area (Å²) in [6, 6.07) is 8.76. The van der Waals surface area contributed by atoms with Gasteiger partial charge >= 0.3 is 0 Å². The van der Waals surface area contributed by atoms with E-state index in [9.17, 15) is 9.59 Å². The minimum absolute atomic E-state index is 0.261. The van der Waals surface area contributed by atoms with Gasteiger partial charge in [0.1, 0.15) is 6.42 Å². The van der Waals surface area contributed by atoms with E-state index in [2.05, 4.69) is 0 Å². The lowest BCUT2D eigenvalue weighted by molar-refractivity contribution is -0.125. The first-order valence-electron chi connectivity index (χ1n) is 5.45. The number of rotatable bonds is 5. The van der Waals surface area contributed by atoms with Gasteiger partial charge in [0.15, 0.2) is 5.78 Å². The van der Waals surface area contributed by atoms with Crippen LogP contribution in [-0.4, -0.2) is 30.2 Å². The van der Waals surface area contributed by atoms with Gasteiger partial charge in [-0.3, -0.25) is 9.59 Å². The average Bonchev–Trinajstić information content (AvgIpc) is 2.36. The molecule has 0 saturated heterocycles. The lowest BCUT2D eigenvalue weighted by Crippen LogP contribution is -2.29. The number of hydrogen-bond donors (Lipinski definition) is 0. The Kier molecular flexibility index (Phi) is 5.14. The van der Waals surface area contributed by atoms with Gasteiger partial charge in [0.05, 0.1) is 0 Å². The van der Waals surface area contributed by atoms with Crippen LogP contribution in [0, 0.1) is 6.42 Å². The Hall–Kier alpha value is -1.90. The molecule has 0 heterocycles. The maximum Gasteiger partial charge on any atom is 0.234 e. The van der Waals surface area contributed by atoms with Crippen LogP contribution in [-0.2, 0) is 4.79 Å². The molecule has 1 aromatic carbocycles. The summed E-state index contributed by atoms with van der Waals surface area (Å²) >= 11 is 0. The summed E-state index contributed by atoms with van der Waals surface area (Å²) in [6.07, 6.45) is 4.85. The van der Waals surface area contributed by atoms with E-state index in [0.29, 0.717) is 12.1 Å². The van der Waals surface area contributed by atoms with Crippen LogP contribution in [0.25, 0.3) is 0 Å². The van der Waals surface area contributed by atoms with E-state index < -0.39 is 0 Å². The summed E-state index contributed by atoms with van der Waals surface area (Å²) < 4.78 is 0. The standard InChI is InChI=1S/C14H16NO2/c1-3-4-10-15(2)14(17)11-13(16)12-8-6-5-7-9-12/h3-9,11H,10H2,1-2H3/b4-3+. The zero-order valence-corrected chi connectivity index (χ0v) is 10.1. The fraction of sp³-hybridized carbons (Fsp3) is 0.214. The molecule has 1 amide bonds. The predicted molar refractivity (Wildman–Crippen MR) is 67.5 cm³/mol. The Morgan fingerprint density at radius 2 is 1.88 bits per heavy atom. The fourth-order valence-electron chi connectivity index (χ4n) is 1.26. The largest absolute Gasteiger partial charge is 0.341 e. The topological polar surface area (TPSA) is 37.4 Å². The van der Waals surface area contributed by atoms with Crippen LogP contribution in [0.1, 0.15) is 17.3 Å². The SMILES string of the molecule is C/C=C/CN(C)C(=O)[CH]C(=O)c1ccccc1. The highest BCUT2D eigenvalue weighted by Gasteiger charge is 2.14. The first kappa shape index (κ1) is 13.2. The lowest BCUT2D eigenvalue weighted by Gasteiger charge is -2.13. The number of likely N-dealkylation sites (N-methyl/N-ethyl adjacent to an activating group) is 1. The highest BCUT2D eigenvalue weighted by Crippen LogP contribution is 2.03. The van der Waals surface area contributed by atoms with E-state index >= 15 is 0 Å². The number of amides is 1. The maximum absolute atomic E-state index is 11.7. The van der Waals surface area contributed by atoms with Crippen LogP contribution in [0.4, 0.5) is 0 Å². The van der Waals surface area contributed by atoms with Crippen molar-refractivity contribution in [3.63, 3.8) is 0 Å². The summed E-state index contributed by atoms with van der Waals surface area (Å²) in [6.45, 7) is 2.39. The normalized spacial score (nSPS) is 10.5. The Balaban J connectivity index is 2.54. The van der Waals surface area contributed by atoms with Crippen LogP contribution >= 0.6 is 0 Å². The summed E-state index contributed by atoms with van der Waals surface area (Å²) in [5, 5.41) is 0. The first-order valence-corrected chi connectivity index (χ1v) is 5.45. The van der Waals surface area contributed by atoms with Crippen molar-refractivity contribution in [2.45, 2.75) is 6.92 Å². The van der Waals surface area contributed by atoms with E-state index in [4.69, 9.17) is 0 Å². The molecule has 0 bridgehead atoms. The molecule has 0 fully saturated rings. The number of allylic oxidation sites excluding steroid dienone is 1. The third-order valence-electron chi connectivity index (χ3n) is 2.30. The highest BCUT2D eigenvalue weighted by atomic mass is 16.2. The summed E-state index contributed by atoms with van der Waals surface area (Å²) in [5.74, 6) is -0.542. The van der Waals surface area contributed by atoms with Crippen molar-refractivity contribution in [1.82, 2.24) is 4.90 Å². The molecule has 0 aromatic heterocycles. The van der Waals surface area contributed by atoms with E-state index in [-0.39, 0.29) is 11.7 Å². The second kappa shape index (κ2) is 6.63. The molecule has 0 aliphatic carbocycles. The Labute approximate surface area is 102 Å². The monoisotopic (exact) mass is 230 g/mol. The van der Waals surface area contributed by atoms with Gasteiger partial charge in [0.2, 0.25) is 5.91 Å². The van der Waals surface area contributed by atoms with Gasteiger partial charge in [-0.1, -0.05) is 42.5 Å². The van der Waals surface area contributed by atoms with Gasteiger partial charge in [0.25, 0.3) is 0 Å². The smallest absolute Gasteiger partial charge is 0.234 e. The molecule has 1 rings (SSSR count). The quantitative estimate of drug-likeness (QED) is 0.441. The summed E-state index contributed by atoms with van der Waals surface area (Å²) in [4.78, 5) is 24.8. The third kappa shape index (κ3) is 4.23. The van der Waals surface area contributed by atoms with Gasteiger partial charge in [-0.25, -0.2) is 0 Å². The lowest BCUT2D eigenvalue weighted by atomic mass is 10.1. The number of benzene rings is 1. The molecule has 89 valence electrons. The molecular formula is C14H16NO2. The number of ketones is 1. The number of carbonyl (C=O) groups excluding carboxylic acids is 2. The van der Waals surface area contributed by atoms with Crippen molar-refractivity contribution in [2.75, 3.05) is 13.6 Å². The van der Waals surface area contributed by atoms with Gasteiger partial charge in [-0.15, -0.1) is 0 Å². The maximum atomic E-state index is 11.7. The van der Waals surface area contributed by atoms with Gasteiger partial charge in [-0.2, -0.15) is 0 Å². The Morgan fingerprint density at radius 3 is 2.47 bits per heavy atom. The Bertz CT molecular complexity index is 409. The van der Waals surface area contributed by atoms with E-state index in [1.165, 1.54) is 4.90 Å². The van der Waals surface area contributed by atoms with Crippen molar-refractivity contribution in [3.05, 3.63) is 54.5 Å². The molecule has 0 spiro atoms. The molecular weight excluding hydrogens is 214 g/mol. The number of Topliss-reactive ketones (excluding diaryl/α,β-unsaturated/α-hetero) is 1. The predicted octanol–water partition coefficient (Wildman–Crippen LogP) is 2.11. The molecule has 0 aliphatic heterocycles. The van der Waals surface area contributed by atoms with Gasteiger partial charge in [-0.05, 0) is 6.92 Å². The third-order valence-corrected chi connectivity index (χ3v) is 2.30. The minimum Gasteiger partial charge on any atom is -0.341 e. The first-order chi connectivity index (χ1) is 8.15. The number of carbonyl (C=O) groups is 2. The molecule has 0 atom stereocenters. The van der Waals surface area contributed by atoms with E-state index in [1.807, 2.05) is 25.1 Å². The fourth-order valence-corrected chi connectivity index (χ4v) is 1.26. The van der Waals surface area contributed by atoms with E-state index in [1.54, 1.807) is 31.3 Å².